The lowest BCUT2D eigenvalue weighted by atomic mass is 9.99. The second-order valence-corrected chi connectivity index (χ2v) is 4.81. The van der Waals surface area contributed by atoms with Gasteiger partial charge in [0.2, 0.25) is 0 Å². The molecule has 0 fully saturated rings. The van der Waals surface area contributed by atoms with Gasteiger partial charge in [-0.2, -0.15) is 13.2 Å². The lowest BCUT2D eigenvalue weighted by Crippen LogP contribution is -2.14. The number of benzene rings is 2. The normalized spacial score (nSPS) is 12.9. The molecule has 2 rings (SSSR count). The van der Waals surface area contributed by atoms with Crippen molar-refractivity contribution in [2.45, 2.75) is 12.1 Å². The van der Waals surface area contributed by atoms with E-state index in [-0.39, 0.29) is 19.0 Å². The quantitative estimate of drug-likeness (QED) is 0.887. The SMILES string of the molecule is OCC(COc1cccc(O)c1)c1ccc(C(F)(F)F)cc1. The molecule has 6 heteroatoms. The Labute approximate surface area is 125 Å². The number of alkyl halides is 3. The summed E-state index contributed by atoms with van der Waals surface area (Å²) in [5.74, 6) is 0.0163. The largest absolute Gasteiger partial charge is 0.508 e. The molecule has 1 unspecified atom stereocenters. The molecule has 2 aromatic carbocycles. The molecule has 0 aliphatic carbocycles. The summed E-state index contributed by atoms with van der Waals surface area (Å²) >= 11 is 0. The summed E-state index contributed by atoms with van der Waals surface area (Å²) in [5.41, 5.74) is -0.183. The molecule has 0 amide bonds. The smallest absolute Gasteiger partial charge is 0.416 e. The van der Waals surface area contributed by atoms with Crippen LogP contribution >= 0.6 is 0 Å². The van der Waals surface area contributed by atoms with Crippen LogP contribution < -0.4 is 4.74 Å². The molecule has 1 atom stereocenters. The molecular weight excluding hydrogens is 297 g/mol. The predicted octanol–water partition coefficient (Wildman–Crippen LogP) is 3.57. The summed E-state index contributed by atoms with van der Waals surface area (Å²) < 4.78 is 43.0. The third kappa shape index (κ3) is 4.14. The van der Waals surface area contributed by atoms with Gasteiger partial charge in [-0.3, -0.25) is 0 Å². The Kier molecular flexibility index (Phi) is 4.92. The van der Waals surface area contributed by atoms with Gasteiger partial charge >= 0.3 is 6.18 Å². The molecule has 22 heavy (non-hydrogen) atoms. The molecule has 0 bridgehead atoms. The number of halogens is 3. The van der Waals surface area contributed by atoms with Crippen molar-refractivity contribution < 1.29 is 28.1 Å². The third-order valence-electron chi connectivity index (χ3n) is 3.20. The van der Waals surface area contributed by atoms with E-state index in [0.29, 0.717) is 11.3 Å². The van der Waals surface area contributed by atoms with Crippen LogP contribution in [-0.2, 0) is 6.18 Å². The zero-order chi connectivity index (χ0) is 16.2. The first-order valence-electron chi connectivity index (χ1n) is 6.60. The number of aliphatic hydroxyl groups excluding tert-OH is 1. The molecule has 0 aliphatic heterocycles. The zero-order valence-electron chi connectivity index (χ0n) is 11.5. The Morgan fingerprint density at radius 1 is 1.05 bits per heavy atom. The molecular formula is C16H15F3O3. The van der Waals surface area contributed by atoms with Gasteiger partial charge in [-0.05, 0) is 29.8 Å². The molecule has 0 radical (unpaired) electrons. The van der Waals surface area contributed by atoms with Crippen molar-refractivity contribution in [1.82, 2.24) is 0 Å². The summed E-state index contributed by atoms with van der Waals surface area (Å²) in [5, 5.41) is 18.7. The van der Waals surface area contributed by atoms with Crippen LogP contribution in [0.1, 0.15) is 17.0 Å². The number of aliphatic hydroxyl groups is 1. The van der Waals surface area contributed by atoms with E-state index in [1.54, 1.807) is 12.1 Å². The van der Waals surface area contributed by atoms with Gasteiger partial charge < -0.3 is 14.9 Å². The van der Waals surface area contributed by atoms with Crippen molar-refractivity contribution >= 4 is 0 Å². The van der Waals surface area contributed by atoms with Crippen molar-refractivity contribution in [2.24, 2.45) is 0 Å². The summed E-state index contributed by atoms with van der Waals surface area (Å²) in [6.45, 7) is -0.171. The van der Waals surface area contributed by atoms with E-state index in [4.69, 9.17) is 4.74 Å². The summed E-state index contributed by atoms with van der Waals surface area (Å²) in [7, 11) is 0. The lowest BCUT2D eigenvalue weighted by molar-refractivity contribution is -0.137. The Bertz CT molecular complexity index is 609. The van der Waals surface area contributed by atoms with Crippen LogP contribution in [0.2, 0.25) is 0 Å². The van der Waals surface area contributed by atoms with Gasteiger partial charge in [-0.1, -0.05) is 18.2 Å². The number of ether oxygens (including phenoxy) is 1. The molecule has 0 spiro atoms. The Balaban J connectivity index is 2.05. The van der Waals surface area contributed by atoms with Gasteiger partial charge in [-0.25, -0.2) is 0 Å². The molecule has 0 saturated heterocycles. The standard InChI is InChI=1S/C16H15F3O3/c17-16(18,19)13-6-4-11(5-7-13)12(9-20)10-22-15-3-1-2-14(21)8-15/h1-8,12,20-21H,9-10H2. The van der Waals surface area contributed by atoms with Crippen molar-refractivity contribution in [2.75, 3.05) is 13.2 Å². The van der Waals surface area contributed by atoms with E-state index in [1.165, 1.54) is 24.3 Å². The van der Waals surface area contributed by atoms with Crippen LogP contribution in [0.4, 0.5) is 13.2 Å². The first-order valence-corrected chi connectivity index (χ1v) is 6.60. The maximum absolute atomic E-state index is 12.5. The molecule has 0 aromatic heterocycles. The van der Waals surface area contributed by atoms with Crippen LogP contribution in [0.3, 0.4) is 0 Å². The minimum Gasteiger partial charge on any atom is -0.508 e. The summed E-state index contributed by atoms with van der Waals surface area (Å²) in [6, 6.07) is 10.8. The van der Waals surface area contributed by atoms with Crippen LogP contribution in [0, 0.1) is 0 Å². The maximum atomic E-state index is 12.5. The van der Waals surface area contributed by atoms with E-state index >= 15 is 0 Å². The Morgan fingerprint density at radius 2 is 1.73 bits per heavy atom. The second kappa shape index (κ2) is 6.70. The van der Waals surface area contributed by atoms with Gasteiger partial charge in [0.25, 0.3) is 0 Å². The average molecular weight is 312 g/mol. The minimum absolute atomic E-state index is 0.0487. The highest BCUT2D eigenvalue weighted by Crippen LogP contribution is 2.30. The van der Waals surface area contributed by atoms with Gasteiger partial charge in [0.15, 0.2) is 0 Å². The average Bonchev–Trinajstić information content (AvgIpc) is 2.47. The highest BCUT2D eigenvalue weighted by atomic mass is 19.4. The zero-order valence-corrected chi connectivity index (χ0v) is 11.5. The summed E-state index contributed by atoms with van der Waals surface area (Å²) in [4.78, 5) is 0. The van der Waals surface area contributed by atoms with Gasteiger partial charge in [-0.15, -0.1) is 0 Å². The molecule has 0 aliphatic rings. The number of hydrogen-bond acceptors (Lipinski definition) is 3. The number of aromatic hydroxyl groups is 1. The summed E-state index contributed by atoms with van der Waals surface area (Å²) in [6.07, 6.45) is -4.38. The first-order chi connectivity index (χ1) is 10.4. The molecule has 118 valence electrons. The fraction of sp³-hybridized carbons (Fsp3) is 0.250. The Morgan fingerprint density at radius 3 is 2.27 bits per heavy atom. The van der Waals surface area contributed by atoms with E-state index in [9.17, 15) is 23.4 Å². The fourth-order valence-corrected chi connectivity index (χ4v) is 1.97. The lowest BCUT2D eigenvalue weighted by Gasteiger charge is -2.17. The number of rotatable bonds is 5. The van der Waals surface area contributed by atoms with E-state index in [2.05, 4.69) is 0 Å². The monoisotopic (exact) mass is 312 g/mol. The predicted molar refractivity (Wildman–Crippen MR) is 74.9 cm³/mol. The topological polar surface area (TPSA) is 49.7 Å². The van der Waals surface area contributed by atoms with Crippen LogP contribution in [-0.4, -0.2) is 23.4 Å². The first kappa shape index (κ1) is 16.2. The molecule has 2 aromatic rings. The van der Waals surface area contributed by atoms with Gasteiger partial charge in [0, 0.05) is 12.0 Å². The Hall–Kier alpha value is -2.21. The van der Waals surface area contributed by atoms with E-state index in [0.717, 1.165) is 12.1 Å². The fourth-order valence-electron chi connectivity index (χ4n) is 1.97. The van der Waals surface area contributed by atoms with Crippen molar-refractivity contribution in [3.63, 3.8) is 0 Å². The van der Waals surface area contributed by atoms with Crippen molar-refractivity contribution in [1.29, 1.82) is 0 Å². The number of hydrogen-bond donors (Lipinski definition) is 2. The number of phenols is 1. The minimum atomic E-state index is -4.38. The van der Waals surface area contributed by atoms with Crippen LogP contribution in [0.15, 0.2) is 48.5 Å². The third-order valence-corrected chi connectivity index (χ3v) is 3.20. The second-order valence-electron chi connectivity index (χ2n) is 4.81. The van der Waals surface area contributed by atoms with Gasteiger partial charge in [0.1, 0.15) is 11.5 Å². The molecule has 0 saturated carbocycles. The van der Waals surface area contributed by atoms with E-state index in [1.807, 2.05) is 0 Å². The molecule has 2 N–H and O–H groups in total. The highest BCUT2D eigenvalue weighted by Gasteiger charge is 2.30. The van der Waals surface area contributed by atoms with Crippen LogP contribution in [0.5, 0.6) is 11.5 Å². The van der Waals surface area contributed by atoms with Crippen molar-refractivity contribution in [3.8, 4) is 11.5 Å². The molecule has 3 nitrogen and oxygen atoms in total. The van der Waals surface area contributed by atoms with Crippen molar-refractivity contribution in [3.05, 3.63) is 59.7 Å². The number of phenolic OH excluding ortho intramolecular Hbond substituents is 1. The highest BCUT2D eigenvalue weighted by molar-refractivity contribution is 5.32. The maximum Gasteiger partial charge on any atom is 0.416 e. The van der Waals surface area contributed by atoms with Gasteiger partial charge in [0.05, 0.1) is 18.8 Å². The molecule has 0 heterocycles. The van der Waals surface area contributed by atoms with E-state index < -0.39 is 17.7 Å². The van der Waals surface area contributed by atoms with Crippen LogP contribution in [0.25, 0.3) is 0 Å².